The fourth-order valence-corrected chi connectivity index (χ4v) is 2.44. The first kappa shape index (κ1) is 15.4. The third-order valence-electron chi connectivity index (χ3n) is 3.46. The van der Waals surface area contributed by atoms with E-state index in [1.807, 2.05) is 0 Å². The van der Waals surface area contributed by atoms with E-state index in [1.165, 1.54) is 32.4 Å². The van der Waals surface area contributed by atoms with E-state index in [1.54, 1.807) is 0 Å². The topological polar surface area (TPSA) is 58.4 Å². The number of piperidine rings is 1. The minimum atomic E-state index is -0.347. The van der Waals surface area contributed by atoms with Gasteiger partial charge in [-0.25, -0.2) is 0 Å². The zero-order chi connectivity index (χ0) is 13.4. The number of amides is 1. The predicted octanol–water partition coefficient (Wildman–Crippen LogP) is 1.35. The van der Waals surface area contributed by atoms with Gasteiger partial charge >= 0.3 is 0 Å². The van der Waals surface area contributed by atoms with Crippen LogP contribution in [0.4, 0.5) is 0 Å². The van der Waals surface area contributed by atoms with E-state index in [4.69, 9.17) is 5.73 Å². The maximum Gasteiger partial charge on any atom is 0.236 e. The van der Waals surface area contributed by atoms with E-state index < -0.39 is 0 Å². The van der Waals surface area contributed by atoms with Crippen molar-refractivity contribution in [3.05, 3.63) is 0 Å². The molecule has 4 nitrogen and oxygen atoms in total. The first-order chi connectivity index (χ1) is 8.59. The van der Waals surface area contributed by atoms with E-state index in [0.717, 1.165) is 25.9 Å². The number of rotatable bonds is 7. The molecule has 1 aliphatic heterocycles. The van der Waals surface area contributed by atoms with Crippen LogP contribution in [0, 0.1) is 5.92 Å². The van der Waals surface area contributed by atoms with Crippen molar-refractivity contribution in [2.75, 3.05) is 26.2 Å². The maximum atomic E-state index is 11.7. The van der Waals surface area contributed by atoms with Crippen LogP contribution < -0.4 is 11.1 Å². The van der Waals surface area contributed by atoms with E-state index in [9.17, 15) is 4.79 Å². The Hall–Kier alpha value is -0.610. The van der Waals surface area contributed by atoms with E-state index in [-0.39, 0.29) is 11.9 Å². The van der Waals surface area contributed by atoms with Crippen LogP contribution in [0.25, 0.3) is 0 Å². The Bertz CT molecular complexity index is 237. The highest BCUT2D eigenvalue weighted by atomic mass is 16.2. The molecule has 1 fully saturated rings. The normalized spacial score (nSPS) is 18.9. The lowest BCUT2D eigenvalue weighted by atomic mass is 10.0. The monoisotopic (exact) mass is 255 g/mol. The van der Waals surface area contributed by atoms with Crippen LogP contribution in [0.15, 0.2) is 0 Å². The second kappa shape index (κ2) is 8.48. The van der Waals surface area contributed by atoms with E-state index in [2.05, 4.69) is 24.1 Å². The average Bonchev–Trinajstić information content (AvgIpc) is 2.34. The highest BCUT2D eigenvalue weighted by molar-refractivity contribution is 5.81. The molecular formula is C14H29N3O. The van der Waals surface area contributed by atoms with Crippen molar-refractivity contribution < 1.29 is 4.79 Å². The highest BCUT2D eigenvalue weighted by Gasteiger charge is 2.14. The molecule has 0 spiro atoms. The number of nitrogens with one attached hydrogen (secondary N) is 1. The number of nitrogens with zero attached hydrogens (tertiary/aromatic N) is 1. The van der Waals surface area contributed by atoms with Crippen molar-refractivity contribution in [2.24, 2.45) is 11.7 Å². The quantitative estimate of drug-likeness (QED) is 0.675. The first-order valence-corrected chi connectivity index (χ1v) is 7.35. The van der Waals surface area contributed by atoms with Crippen LogP contribution >= 0.6 is 0 Å². The van der Waals surface area contributed by atoms with Gasteiger partial charge in [-0.05, 0) is 51.2 Å². The standard InChI is InChI=1S/C14H29N3O/c1-12(2)11-13(15)14(18)16-7-6-10-17-8-4-3-5-9-17/h12-13H,3-11,15H2,1-2H3,(H,16,18)/t13-/m0/s1. The lowest BCUT2D eigenvalue weighted by Gasteiger charge is -2.26. The molecule has 0 bridgehead atoms. The molecule has 0 radical (unpaired) electrons. The highest BCUT2D eigenvalue weighted by Crippen LogP contribution is 2.08. The van der Waals surface area contributed by atoms with Gasteiger partial charge in [0.15, 0.2) is 0 Å². The Morgan fingerprint density at radius 2 is 1.94 bits per heavy atom. The van der Waals surface area contributed by atoms with E-state index >= 15 is 0 Å². The zero-order valence-electron chi connectivity index (χ0n) is 12.0. The summed E-state index contributed by atoms with van der Waals surface area (Å²) in [6.45, 7) is 8.47. The Balaban J connectivity index is 2.04. The minimum absolute atomic E-state index is 0.00217. The van der Waals surface area contributed by atoms with Crippen molar-refractivity contribution in [3.8, 4) is 0 Å². The van der Waals surface area contributed by atoms with Crippen LogP contribution in [-0.2, 0) is 4.79 Å². The summed E-state index contributed by atoms with van der Waals surface area (Å²) in [6.07, 6.45) is 5.81. The van der Waals surface area contributed by atoms with Gasteiger partial charge in [0.1, 0.15) is 0 Å². The molecule has 1 heterocycles. The second-order valence-corrected chi connectivity index (χ2v) is 5.78. The van der Waals surface area contributed by atoms with Gasteiger partial charge in [-0.1, -0.05) is 20.3 Å². The van der Waals surface area contributed by atoms with Gasteiger partial charge in [0.25, 0.3) is 0 Å². The average molecular weight is 255 g/mol. The Kier molecular flexibility index (Phi) is 7.28. The number of hydrogen-bond acceptors (Lipinski definition) is 3. The molecule has 0 aromatic carbocycles. The number of carbonyl (C=O) groups excluding carboxylic acids is 1. The number of hydrogen-bond donors (Lipinski definition) is 2. The zero-order valence-corrected chi connectivity index (χ0v) is 12.0. The van der Waals surface area contributed by atoms with Gasteiger partial charge in [0.05, 0.1) is 6.04 Å². The van der Waals surface area contributed by atoms with Gasteiger partial charge in [-0.3, -0.25) is 4.79 Å². The number of likely N-dealkylation sites (tertiary alicyclic amines) is 1. The first-order valence-electron chi connectivity index (χ1n) is 7.35. The molecule has 0 unspecified atom stereocenters. The molecule has 0 aliphatic carbocycles. The summed E-state index contributed by atoms with van der Waals surface area (Å²) in [6, 6.07) is -0.347. The van der Waals surface area contributed by atoms with Crippen LogP contribution in [0.3, 0.4) is 0 Å². The Morgan fingerprint density at radius 1 is 1.28 bits per heavy atom. The van der Waals surface area contributed by atoms with Gasteiger partial charge in [-0.2, -0.15) is 0 Å². The van der Waals surface area contributed by atoms with Crippen molar-refractivity contribution in [2.45, 2.75) is 52.0 Å². The lowest BCUT2D eigenvalue weighted by molar-refractivity contribution is -0.122. The molecule has 4 heteroatoms. The molecular weight excluding hydrogens is 226 g/mol. The fraction of sp³-hybridized carbons (Fsp3) is 0.929. The summed E-state index contributed by atoms with van der Waals surface area (Å²) in [5.41, 5.74) is 5.82. The molecule has 0 aromatic rings. The Morgan fingerprint density at radius 3 is 2.56 bits per heavy atom. The van der Waals surface area contributed by atoms with Crippen LogP contribution in [0.5, 0.6) is 0 Å². The molecule has 1 aliphatic rings. The molecule has 18 heavy (non-hydrogen) atoms. The van der Waals surface area contributed by atoms with Gasteiger partial charge in [-0.15, -0.1) is 0 Å². The smallest absolute Gasteiger partial charge is 0.236 e. The summed E-state index contributed by atoms with van der Waals surface area (Å²) in [4.78, 5) is 14.2. The molecule has 1 amide bonds. The van der Waals surface area contributed by atoms with Crippen molar-refractivity contribution in [3.63, 3.8) is 0 Å². The van der Waals surface area contributed by atoms with Crippen LogP contribution in [-0.4, -0.2) is 43.0 Å². The van der Waals surface area contributed by atoms with Gasteiger partial charge in [0.2, 0.25) is 5.91 Å². The van der Waals surface area contributed by atoms with Crippen molar-refractivity contribution >= 4 is 5.91 Å². The maximum absolute atomic E-state index is 11.7. The molecule has 3 N–H and O–H groups in total. The third-order valence-corrected chi connectivity index (χ3v) is 3.46. The second-order valence-electron chi connectivity index (χ2n) is 5.78. The summed E-state index contributed by atoms with van der Waals surface area (Å²) in [5.74, 6) is 0.474. The summed E-state index contributed by atoms with van der Waals surface area (Å²) in [7, 11) is 0. The summed E-state index contributed by atoms with van der Waals surface area (Å²) >= 11 is 0. The minimum Gasteiger partial charge on any atom is -0.355 e. The third kappa shape index (κ3) is 6.36. The summed E-state index contributed by atoms with van der Waals surface area (Å²) < 4.78 is 0. The lowest BCUT2D eigenvalue weighted by Crippen LogP contribution is -2.42. The molecule has 0 saturated carbocycles. The van der Waals surface area contributed by atoms with Crippen LogP contribution in [0.2, 0.25) is 0 Å². The molecule has 1 rings (SSSR count). The predicted molar refractivity (Wildman–Crippen MR) is 75.3 cm³/mol. The molecule has 1 saturated heterocycles. The van der Waals surface area contributed by atoms with Crippen molar-refractivity contribution in [1.29, 1.82) is 0 Å². The SMILES string of the molecule is CC(C)C[C@H](N)C(=O)NCCCN1CCCCC1. The molecule has 0 aromatic heterocycles. The molecule has 106 valence electrons. The van der Waals surface area contributed by atoms with Gasteiger partial charge < -0.3 is 16.0 Å². The number of nitrogens with two attached hydrogens (primary N) is 1. The fourth-order valence-electron chi connectivity index (χ4n) is 2.44. The van der Waals surface area contributed by atoms with Crippen LogP contribution in [0.1, 0.15) is 46.0 Å². The van der Waals surface area contributed by atoms with Gasteiger partial charge in [0, 0.05) is 6.54 Å². The Labute approximate surface area is 111 Å². The summed E-state index contributed by atoms with van der Waals surface area (Å²) in [5, 5.41) is 2.94. The number of carbonyl (C=O) groups is 1. The largest absolute Gasteiger partial charge is 0.355 e. The van der Waals surface area contributed by atoms with E-state index in [0.29, 0.717) is 5.92 Å². The van der Waals surface area contributed by atoms with Crippen molar-refractivity contribution in [1.82, 2.24) is 10.2 Å². The molecule has 1 atom stereocenters.